The molecule has 7 nitrogen and oxygen atoms in total. The van der Waals surface area contributed by atoms with Gasteiger partial charge in [-0.25, -0.2) is 9.78 Å². The first-order valence-electron chi connectivity index (χ1n) is 12.4. The molecule has 0 radical (unpaired) electrons. The fourth-order valence-electron chi connectivity index (χ4n) is 4.40. The molecule has 0 spiro atoms. The van der Waals surface area contributed by atoms with Gasteiger partial charge in [0.15, 0.2) is 5.69 Å². The highest BCUT2D eigenvalue weighted by atomic mass is 35.5. The predicted octanol–water partition coefficient (Wildman–Crippen LogP) is 8.45. The van der Waals surface area contributed by atoms with Crippen LogP contribution in [0.25, 0.3) is 22.0 Å². The third kappa shape index (κ3) is 5.15. The molecule has 1 saturated carbocycles. The average molecular weight is 561 g/mol. The van der Waals surface area contributed by atoms with E-state index in [0.29, 0.717) is 38.7 Å². The maximum absolute atomic E-state index is 11.3. The van der Waals surface area contributed by atoms with Gasteiger partial charge in [0.05, 0.1) is 15.6 Å². The van der Waals surface area contributed by atoms with Crippen LogP contribution >= 0.6 is 23.2 Å². The van der Waals surface area contributed by atoms with Crippen molar-refractivity contribution in [2.75, 3.05) is 0 Å². The number of halogens is 2. The van der Waals surface area contributed by atoms with Crippen molar-refractivity contribution in [3.8, 4) is 28.6 Å². The van der Waals surface area contributed by atoms with E-state index in [1.165, 1.54) is 6.07 Å². The normalized spacial score (nSPS) is 13.0. The first-order chi connectivity index (χ1) is 18.9. The van der Waals surface area contributed by atoms with Crippen LogP contribution in [0.4, 0.5) is 0 Å². The summed E-state index contributed by atoms with van der Waals surface area (Å²) in [6.45, 7) is 2.07. The van der Waals surface area contributed by atoms with E-state index >= 15 is 0 Å². The molecule has 1 aliphatic rings. The maximum atomic E-state index is 11.3. The lowest BCUT2D eigenvalue weighted by atomic mass is 10.0. The van der Waals surface area contributed by atoms with Gasteiger partial charge in [0.2, 0.25) is 5.88 Å². The third-order valence-corrected chi connectivity index (χ3v) is 7.25. The largest absolute Gasteiger partial charge is 0.489 e. The van der Waals surface area contributed by atoms with Gasteiger partial charge in [-0.15, -0.1) is 0 Å². The molecule has 9 heteroatoms. The zero-order valence-corrected chi connectivity index (χ0v) is 22.3. The number of pyridine rings is 1. The summed E-state index contributed by atoms with van der Waals surface area (Å²) in [5.41, 5.74) is 2.75. The maximum Gasteiger partial charge on any atom is 0.354 e. The number of carbonyl (C=O) groups is 1. The van der Waals surface area contributed by atoms with E-state index in [-0.39, 0.29) is 18.2 Å². The van der Waals surface area contributed by atoms with Crippen LogP contribution in [0, 0.1) is 6.92 Å². The summed E-state index contributed by atoms with van der Waals surface area (Å²) in [4.78, 5) is 15.4. The van der Waals surface area contributed by atoms with Crippen LogP contribution in [-0.4, -0.2) is 21.2 Å². The van der Waals surface area contributed by atoms with Crippen LogP contribution in [0.3, 0.4) is 0 Å². The Balaban J connectivity index is 1.24. The van der Waals surface area contributed by atoms with Crippen LogP contribution in [-0.2, 0) is 6.61 Å². The number of carboxylic acid groups (broad SMARTS) is 1. The molecule has 0 saturated heterocycles. The van der Waals surface area contributed by atoms with E-state index in [1.54, 1.807) is 24.3 Å². The van der Waals surface area contributed by atoms with Crippen LogP contribution < -0.4 is 9.47 Å². The van der Waals surface area contributed by atoms with Crippen LogP contribution in [0.1, 0.15) is 46.1 Å². The summed E-state index contributed by atoms with van der Waals surface area (Å²) >= 11 is 12.9. The summed E-state index contributed by atoms with van der Waals surface area (Å²) in [5.74, 6) is 1.53. The minimum absolute atomic E-state index is 0.0733. The number of aromatic carboxylic acids is 1. The van der Waals surface area contributed by atoms with Gasteiger partial charge in [-0.3, -0.25) is 0 Å². The number of fused-ring (bicyclic) bond motifs is 1. The molecule has 0 amide bonds. The highest BCUT2D eigenvalue weighted by Gasteiger charge is 2.33. The second-order valence-electron chi connectivity index (χ2n) is 9.43. The highest BCUT2D eigenvalue weighted by molar-refractivity contribution is 6.39. The molecule has 6 rings (SSSR count). The van der Waals surface area contributed by atoms with E-state index < -0.39 is 5.97 Å². The van der Waals surface area contributed by atoms with Gasteiger partial charge in [-0.1, -0.05) is 52.6 Å². The molecule has 1 fully saturated rings. The molecule has 2 heterocycles. The van der Waals surface area contributed by atoms with Gasteiger partial charge in [0.25, 0.3) is 0 Å². The zero-order chi connectivity index (χ0) is 27.1. The van der Waals surface area contributed by atoms with Gasteiger partial charge >= 0.3 is 5.97 Å². The average Bonchev–Trinajstić information content (AvgIpc) is 3.68. The molecular weight excluding hydrogens is 539 g/mol. The van der Waals surface area contributed by atoms with Crippen molar-refractivity contribution in [2.24, 2.45) is 0 Å². The molecule has 0 unspecified atom stereocenters. The molecule has 1 N–H and O–H groups in total. The number of rotatable bonds is 8. The number of hydrogen-bond donors (Lipinski definition) is 1. The molecule has 5 aromatic rings. The van der Waals surface area contributed by atoms with Gasteiger partial charge in [0.1, 0.15) is 29.6 Å². The summed E-state index contributed by atoms with van der Waals surface area (Å²) < 4.78 is 17.9. The first kappa shape index (κ1) is 25.2. The molecule has 0 bridgehead atoms. The summed E-state index contributed by atoms with van der Waals surface area (Å²) in [6, 6.07) is 19.8. The minimum Gasteiger partial charge on any atom is -0.489 e. The quantitative estimate of drug-likeness (QED) is 0.203. The van der Waals surface area contributed by atoms with E-state index in [2.05, 4.69) is 10.1 Å². The summed E-state index contributed by atoms with van der Waals surface area (Å²) in [5, 5.41) is 16.4. The van der Waals surface area contributed by atoms with E-state index in [1.807, 2.05) is 43.3 Å². The Morgan fingerprint density at radius 3 is 2.38 bits per heavy atom. The molecule has 39 heavy (non-hydrogen) atoms. The SMILES string of the molecule is Cc1ccc(C(=O)O)nc1Oc1ccc2cc(OCc3c(-c4c(Cl)cccc4Cl)noc3C3CC3)ccc2c1. The van der Waals surface area contributed by atoms with Crippen molar-refractivity contribution in [1.82, 2.24) is 10.1 Å². The molecule has 3 aromatic carbocycles. The fraction of sp³-hybridized carbons (Fsp3) is 0.167. The Labute approximate surface area is 233 Å². The molecule has 1 aliphatic carbocycles. The predicted molar refractivity (Wildman–Crippen MR) is 148 cm³/mol. The second-order valence-corrected chi connectivity index (χ2v) is 10.2. The molecule has 196 valence electrons. The van der Waals surface area contributed by atoms with Crippen LogP contribution in [0.15, 0.2) is 71.3 Å². The van der Waals surface area contributed by atoms with Crippen molar-refractivity contribution in [3.05, 3.63) is 99.4 Å². The van der Waals surface area contributed by atoms with Crippen molar-refractivity contribution in [1.29, 1.82) is 0 Å². The molecule has 0 atom stereocenters. The summed E-state index contributed by atoms with van der Waals surface area (Å²) in [7, 11) is 0. The number of aryl methyl sites for hydroxylation is 1. The van der Waals surface area contributed by atoms with Crippen molar-refractivity contribution in [2.45, 2.75) is 32.3 Å². The van der Waals surface area contributed by atoms with E-state index in [4.69, 9.17) is 37.2 Å². The van der Waals surface area contributed by atoms with E-state index in [9.17, 15) is 9.90 Å². The zero-order valence-electron chi connectivity index (χ0n) is 20.8. The number of hydrogen-bond acceptors (Lipinski definition) is 6. The number of aromatic nitrogens is 2. The lowest BCUT2D eigenvalue weighted by Gasteiger charge is -2.11. The smallest absolute Gasteiger partial charge is 0.354 e. The van der Waals surface area contributed by atoms with Crippen molar-refractivity contribution >= 4 is 39.9 Å². The van der Waals surface area contributed by atoms with Crippen molar-refractivity contribution < 1.29 is 23.9 Å². The Hall–Kier alpha value is -4.07. The van der Waals surface area contributed by atoms with Crippen LogP contribution in [0.5, 0.6) is 17.4 Å². The molecular formula is C30H22Cl2N2O5. The number of nitrogens with zero attached hydrogens (tertiary/aromatic N) is 2. The van der Waals surface area contributed by atoms with Gasteiger partial charge in [-0.05, 0) is 73.0 Å². The van der Waals surface area contributed by atoms with Crippen LogP contribution in [0.2, 0.25) is 10.0 Å². The highest BCUT2D eigenvalue weighted by Crippen LogP contribution is 2.46. The Kier molecular flexibility index (Phi) is 6.62. The summed E-state index contributed by atoms with van der Waals surface area (Å²) in [6.07, 6.45) is 2.10. The topological polar surface area (TPSA) is 94.7 Å². The Bertz CT molecular complexity index is 1710. The fourth-order valence-corrected chi connectivity index (χ4v) is 4.98. The van der Waals surface area contributed by atoms with Crippen molar-refractivity contribution in [3.63, 3.8) is 0 Å². The standard InChI is InChI=1S/C30H22Cl2N2O5/c1-16-5-12-25(30(35)36)33-29(16)38-21-11-9-18-13-20(10-8-19(18)14-21)37-15-22-27(34-39-28(22)17-6-7-17)26-23(31)3-2-4-24(26)32/h2-5,8-14,17H,6-7,15H2,1H3,(H,35,36). The van der Waals surface area contributed by atoms with Gasteiger partial charge in [0, 0.05) is 17.0 Å². The number of carboxylic acids is 1. The first-order valence-corrected chi connectivity index (χ1v) is 13.1. The number of benzene rings is 3. The minimum atomic E-state index is -1.11. The second kappa shape index (κ2) is 10.2. The van der Waals surface area contributed by atoms with Gasteiger partial charge < -0.3 is 19.1 Å². The number of ether oxygens (including phenoxy) is 2. The Morgan fingerprint density at radius 2 is 1.69 bits per heavy atom. The molecule has 0 aliphatic heterocycles. The van der Waals surface area contributed by atoms with E-state index in [0.717, 1.165) is 40.5 Å². The van der Waals surface area contributed by atoms with Gasteiger partial charge in [-0.2, -0.15) is 0 Å². The monoisotopic (exact) mass is 560 g/mol. The molecule has 2 aromatic heterocycles. The Morgan fingerprint density at radius 1 is 1.00 bits per heavy atom. The lowest BCUT2D eigenvalue weighted by Crippen LogP contribution is -2.02. The lowest BCUT2D eigenvalue weighted by molar-refractivity contribution is 0.0689. The third-order valence-electron chi connectivity index (χ3n) is 6.62.